The first-order chi connectivity index (χ1) is 9.60. The van der Waals surface area contributed by atoms with Gasteiger partial charge in [-0.25, -0.2) is 0 Å². The van der Waals surface area contributed by atoms with Crippen molar-refractivity contribution in [3.8, 4) is 11.4 Å². The first-order valence-electron chi connectivity index (χ1n) is 6.20. The van der Waals surface area contributed by atoms with Gasteiger partial charge in [0.15, 0.2) is 5.82 Å². The Bertz CT molecular complexity index is 641. The fourth-order valence-corrected chi connectivity index (χ4v) is 2.22. The largest absolute Gasteiger partial charge is 0.355 e. The average Bonchev–Trinajstić information content (AvgIpc) is 2.81. The first kappa shape index (κ1) is 14.3. The Hall–Kier alpha value is -2.15. The number of nitro groups is 1. The Balaban J connectivity index is 2.65. The maximum absolute atomic E-state index is 11.2. The number of halogens is 1. The fourth-order valence-electron chi connectivity index (χ4n) is 1.96. The van der Waals surface area contributed by atoms with E-state index in [1.54, 1.807) is 16.7 Å². The second-order valence-corrected chi connectivity index (χ2v) is 4.42. The lowest BCUT2D eigenvalue weighted by Gasteiger charge is -2.09. The highest BCUT2D eigenvalue weighted by Gasteiger charge is 2.24. The quantitative estimate of drug-likeness (QED) is 0.677. The number of hydrogen-bond acceptors (Lipinski definition) is 5. The van der Waals surface area contributed by atoms with Gasteiger partial charge in [0.1, 0.15) is 5.56 Å². The van der Waals surface area contributed by atoms with Gasteiger partial charge in [-0.05, 0) is 19.9 Å². The van der Waals surface area contributed by atoms with E-state index in [4.69, 9.17) is 11.6 Å². The third-order valence-electron chi connectivity index (χ3n) is 2.81. The van der Waals surface area contributed by atoms with Crippen molar-refractivity contribution in [3.63, 3.8) is 0 Å². The molecule has 0 spiro atoms. The maximum atomic E-state index is 11.2. The van der Waals surface area contributed by atoms with Crippen LogP contribution in [0.4, 0.5) is 11.6 Å². The third-order valence-corrected chi connectivity index (χ3v) is 3.13. The molecule has 0 saturated carbocycles. The summed E-state index contributed by atoms with van der Waals surface area (Å²) in [7, 11) is 0. The number of benzene rings is 1. The summed E-state index contributed by atoms with van der Waals surface area (Å²) in [6, 6.07) is 4.55. The second-order valence-electron chi connectivity index (χ2n) is 4.01. The lowest BCUT2D eigenvalue weighted by atomic mass is 10.1. The molecule has 1 N–H and O–H groups in total. The van der Waals surface area contributed by atoms with Crippen LogP contribution in [-0.4, -0.2) is 26.2 Å². The smallest absolute Gasteiger partial charge is 0.281 e. The summed E-state index contributed by atoms with van der Waals surface area (Å²) < 4.78 is 1.76. The van der Waals surface area contributed by atoms with E-state index in [-0.39, 0.29) is 16.3 Å². The lowest BCUT2D eigenvalue weighted by Crippen LogP contribution is -2.07. The minimum atomic E-state index is -0.469. The Morgan fingerprint density at radius 2 is 2.15 bits per heavy atom. The van der Waals surface area contributed by atoms with Crippen LogP contribution in [-0.2, 0) is 6.54 Å². The van der Waals surface area contributed by atoms with Crippen LogP contribution in [0.1, 0.15) is 13.8 Å². The molecule has 8 heteroatoms. The molecule has 1 aromatic carbocycles. The van der Waals surface area contributed by atoms with Crippen LogP contribution >= 0.6 is 11.6 Å². The summed E-state index contributed by atoms with van der Waals surface area (Å²) in [6.45, 7) is 5.11. The van der Waals surface area contributed by atoms with E-state index < -0.39 is 4.92 Å². The molecular weight excluding hydrogens is 282 g/mol. The molecule has 0 radical (unpaired) electrons. The summed E-state index contributed by atoms with van der Waals surface area (Å²) in [6.07, 6.45) is 0. The number of nitrogens with zero attached hydrogens (tertiary/aromatic N) is 4. The molecule has 20 heavy (non-hydrogen) atoms. The zero-order valence-corrected chi connectivity index (χ0v) is 11.9. The summed E-state index contributed by atoms with van der Waals surface area (Å²) in [5.41, 5.74) is 0.209. The molecule has 106 valence electrons. The SMILES string of the molecule is CCNc1nnc(-c2c(Cl)cccc2[N+](=O)[O-])n1CC. The van der Waals surface area contributed by atoms with E-state index in [1.165, 1.54) is 6.07 Å². The van der Waals surface area contributed by atoms with Gasteiger partial charge in [-0.15, -0.1) is 10.2 Å². The highest BCUT2D eigenvalue weighted by Crippen LogP contribution is 2.35. The van der Waals surface area contributed by atoms with Crippen molar-refractivity contribution in [2.45, 2.75) is 20.4 Å². The minimum absolute atomic E-state index is 0.0809. The third kappa shape index (κ3) is 2.44. The molecule has 7 nitrogen and oxygen atoms in total. The topological polar surface area (TPSA) is 85.9 Å². The number of nitrogens with one attached hydrogen (secondary N) is 1. The molecule has 0 atom stereocenters. The van der Waals surface area contributed by atoms with Crippen LogP contribution in [0.3, 0.4) is 0 Å². The summed E-state index contributed by atoms with van der Waals surface area (Å²) >= 11 is 6.12. The molecule has 0 amide bonds. The van der Waals surface area contributed by atoms with Crippen LogP contribution in [0.25, 0.3) is 11.4 Å². The van der Waals surface area contributed by atoms with Gasteiger partial charge in [-0.3, -0.25) is 14.7 Å². The summed E-state index contributed by atoms with van der Waals surface area (Å²) in [4.78, 5) is 10.7. The Morgan fingerprint density at radius 1 is 1.40 bits per heavy atom. The molecule has 0 saturated heterocycles. The van der Waals surface area contributed by atoms with Crippen LogP contribution in [0.2, 0.25) is 5.02 Å². The van der Waals surface area contributed by atoms with Crippen molar-refractivity contribution < 1.29 is 4.92 Å². The van der Waals surface area contributed by atoms with E-state index in [2.05, 4.69) is 15.5 Å². The highest BCUT2D eigenvalue weighted by atomic mass is 35.5. The number of rotatable bonds is 5. The van der Waals surface area contributed by atoms with Gasteiger partial charge in [-0.2, -0.15) is 0 Å². The molecular formula is C12H14ClN5O2. The standard InChI is InChI=1S/C12H14ClN5O2/c1-3-14-12-16-15-11(17(12)4-2)10-8(13)6-5-7-9(10)18(19)20/h5-7H,3-4H2,1-2H3,(H,14,16). The van der Waals surface area contributed by atoms with Crippen LogP contribution in [0.15, 0.2) is 18.2 Å². The molecule has 0 aliphatic rings. The van der Waals surface area contributed by atoms with Crippen LogP contribution in [0, 0.1) is 10.1 Å². The monoisotopic (exact) mass is 295 g/mol. The van der Waals surface area contributed by atoms with Crippen molar-refractivity contribution >= 4 is 23.2 Å². The van der Waals surface area contributed by atoms with Crippen molar-refractivity contribution in [1.82, 2.24) is 14.8 Å². The zero-order chi connectivity index (χ0) is 14.7. The maximum Gasteiger partial charge on any atom is 0.281 e. The predicted octanol–water partition coefficient (Wildman–Crippen LogP) is 2.96. The highest BCUT2D eigenvalue weighted by molar-refractivity contribution is 6.33. The Kier molecular flexibility index (Phi) is 4.19. The van der Waals surface area contributed by atoms with Gasteiger partial charge in [-0.1, -0.05) is 17.7 Å². The van der Waals surface area contributed by atoms with Gasteiger partial charge in [0.25, 0.3) is 5.69 Å². The van der Waals surface area contributed by atoms with Gasteiger partial charge in [0, 0.05) is 19.2 Å². The van der Waals surface area contributed by atoms with Gasteiger partial charge >= 0.3 is 0 Å². The normalized spacial score (nSPS) is 10.6. The zero-order valence-electron chi connectivity index (χ0n) is 11.1. The molecule has 0 fully saturated rings. The number of hydrogen-bond donors (Lipinski definition) is 1. The predicted molar refractivity (Wildman–Crippen MR) is 77.0 cm³/mol. The van der Waals surface area contributed by atoms with E-state index in [9.17, 15) is 10.1 Å². The fraction of sp³-hybridized carbons (Fsp3) is 0.333. The Labute approximate surface area is 120 Å². The van der Waals surface area contributed by atoms with Crippen LogP contribution in [0.5, 0.6) is 0 Å². The number of anilines is 1. The number of nitro benzene ring substituents is 1. The molecule has 0 aliphatic heterocycles. The molecule has 0 aliphatic carbocycles. The number of aromatic nitrogens is 3. The van der Waals surface area contributed by atoms with Gasteiger partial charge in [0.05, 0.1) is 9.95 Å². The van der Waals surface area contributed by atoms with E-state index in [0.29, 0.717) is 24.9 Å². The van der Waals surface area contributed by atoms with Crippen molar-refractivity contribution in [2.75, 3.05) is 11.9 Å². The summed E-state index contributed by atoms with van der Waals surface area (Å²) in [5, 5.41) is 22.6. The summed E-state index contributed by atoms with van der Waals surface area (Å²) in [5.74, 6) is 0.958. The molecule has 2 rings (SSSR count). The van der Waals surface area contributed by atoms with Crippen molar-refractivity contribution in [1.29, 1.82) is 0 Å². The van der Waals surface area contributed by atoms with Crippen molar-refractivity contribution in [2.24, 2.45) is 0 Å². The Morgan fingerprint density at radius 3 is 2.75 bits per heavy atom. The average molecular weight is 296 g/mol. The lowest BCUT2D eigenvalue weighted by molar-refractivity contribution is -0.384. The molecule has 2 aromatic rings. The van der Waals surface area contributed by atoms with E-state index in [0.717, 1.165) is 0 Å². The second kappa shape index (κ2) is 5.87. The minimum Gasteiger partial charge on any atom is -0.355 e. The van der Waals surface area contributed by atoms with Crippen LogP contribution < -0.4 is 5.32 Å². The van der Waals surface area contributed by atoms with E-state index in [1.807, 2.05) is 13.8 Å². The van der Waals surface area contributed by atoms with E-state index >= 15 is 0 Å². The molecule has 1 aromatic heterocycles. The first-order valence-corrected chi connectivity index (χ1v) is 6.58. The molecule has 1 heterocycles. The van der Waals surface area contributed by atoms with Gasteiger partial charge < -0.3 is 5.32 Å². The molecule has 0 unspecified atom stereocenters. The van der Waals surface area contributed by atoms with Gasteiger partial charge in [0.2, 0.25) is 5.95 Å². The van der Waals surface area contributed by atoms with Crippen molar-refractivity contribution in [3.05, 3.63) is 33.3 Å². The molecule has 0 bridgehead atoms.